The highest BCUT2D eigenvalue weighted by Gasteiger charge is 2.41. The molecule has 1 atom stereocenters. The molecule has 8 heteroatoms. The van der Waals surface area contributed by atoms with Crippen molar-refractivity contribution in [3.05, 3.63) is 59.3 Å². The molecular weight excluding hydrogens is 376 g/mol. The van der Waals surface area contributed by atoms with E-state index in [1.165, 1.54) is 31.4 Å². The van der Waals surface area contributed by atoms with Gasteiger partial charge in [0, 0.05) is 11.1 Å². The summed E-state index contributed by atoms with van der Waals surface area (Å²) in [6.45, 7) is 0.900. The molecule has 1 aliphatic heterocycles. The van der Waals surface area contributed by atoms with Gasteiger partial charge in [0.1, 0.15) is 11.5 Å². The monoisotopic (exact) mass is 400 g/mol. The number of carbonyl (C=O) groups excluding carboxylic acids is 2. The fraction of sp³-hybridized carbons (Fsp3) is 0.333. The minimum absolute atomic E-state index is 0.00750. The van der Waals surface area contributed by atoms with E-state index in [4.69, 9.17) is 13.9 Å². The van der Waals surface area contributed by atoms with Crippen LogP contribution >= 0.6 is 0 Å². The number of furan rings is 1. The van der Waals surface area contributed by atoms with Gasteiger partial charge in [-0.15, -0.1) is 0 Å². The standard InChI is InChI=1S/C21H24N2O6/c1-22(2)9-10-23-18(14-12-13(27-3)7-8-15(14)28-4)17(20(25)21(23)26)19(24)16-6-5-11-29-16/h5-8,11-12,18,25H,9-10H2,1-4H3. The molecule has 1 aromatic heterocycles. The van der Waals surface area contributed by atoms with Crippen molar-refractivity contribution < 1.29 is 33.5 Å². The molecule has 0 aliphatic carbocycles. The van der Waals surface area contributed by atoms with Crippen LogP contribution in [0.1, 0.15) is 22.2 Å². The first kappa shape index (κ1) is 20.5. The lowest BCUT2D eigenvalue weighted by molar-refractivity contribution is -0.857. The highest BCUT2D eigenvalue weighted by Crippen LogP contribution is 2.42. The van der Waals surface area contributed by atoms with Crippen molar-refractivity contribution in [1.82, 2.24) is 4.90 Å². The zero-order valence-electron chi connectivity index (χ0n) is 16.9. The van der Waals surface area contributed by atoms with Crippen molar-refractivity contribution in [3.63, 3.8) is 0 Å². The van der Waals surface area contributed by atoms with Crippen LogP contribution in [0.4, 0.5) is 0 Å². The van der Waals surface area contributed by atoms with E-state index in [2.05, 4.69) is 0 Å². The number of likely N-dealkylation sites (N-methyl/N-ethyl adjacent to an activating group) is 1. The van der Waals surface area contributed by atoms with Crippen LogP contribution in [0.5, 0.6) is 11.5 Å². The quantitative estimate of drug-likeness (QED) is 0.618. The summed E-state index contributed by atoms with van der Waals surface area (Å²) in [6.07, 6.45) is 1.35. The van der Waals surface area contributed by atoms with E-state index in [1.54, 1.807) is 24.3 Å². The zero-order chi connectivity index (χ0) is 21.1. The molecule has 1 N–H and O–H groups in total. The minimum atomic E-state index is -0.892. The number of benzene rings is 1. The maximum absolute atomic E-state index is 13.1. The summed E-state index contributed by atoms with van der Waals surface area (Å²) in [5, 5.41) is 12.9. The number of Topliss-reactive ketones (excluding diaryl/α,β-unsaturated/α-hetero) is 1. The Morgan fingerprint density at radius 3 is 2.59 bits per heavy atom. The van der Waals surface area contributed by atoms with E-state index in [0.29, 0.717) is 30.2 Å². The van der Waals surface area contributed by atoms with Crippen molar-refractivity contribution in [3.8, 4) is 11.5 Å². The van der Waals surface area contributed by atoms with Crippen molar-refractivity contribution in [2.45, 2.75) is 6.04 Å². The minimum Gasteiger partial charge on any atom is -0.868 e. The summed E-state index contributed by atoms with van der Waals surface area (Å²) >= 11 is 0. The number of nitrogens with one attached hydrogen (secondary N) is 1. The maximum Gasteiger partial charge on any atom is 0.240 e. The number of hydrogen-bond donors (Lipinski definition) is 1. The number of ketones is 1. The first-order chi connectivity index (χ1) is 13.9. The molecule has 8 nitrogen and oxygen atoms in total. The number of rotatable bonds is 8. The molecule has 1 amide bonds. The lowest BCUT2D eigenvalue weighted by Gasteiger charge is -2.29. The molecule has 0 bridgehead atoms. The maximum atomic E-state index is 13.1. The highest BCUT2D eigenvalue weighted by molar-refractivity contribution is 6.14. The normalized spacial score (nSPS) is 16.7. The van der Waals surface area contributed by atoms with Gasteiger partial charge in [-0.25, -0.2) is 0 Å². The summed E-state index contributed by atoms with van der Waals surface area (Å²) in [4.78, 5) is 28.4. The van der Waals surface area contributed by atoms with Gasteiger partial charge >= 0.3 is 0 Å². The van der Waals surface area contributed by atoms with Crippen LogP contribution in [0.15, 0.2) is 52.3 Å². The molecule has 2 heterocycles. The number of hydrogen-bond acceptors (Lipinski definition) is 6. The van der Waals surface area contributed by atoms with E-state index in [1.807, 2.05) is 14.1 Å². The Morgan fingerprint density at radius 2 is 2.00 bits per heavy atom. The van der Waals surface area contributed by atoms with E-state index in [0.717, 1.165) is 4.90 Å². The third kappa shape index (κ3) is 3.84. The number of ether oxygens (including phenoxy) is 2. The van der Waals surface area contributed by atoms with Crippen molar-refractivity contribution in [2.24, 2.45) is 0 Å². The smallest absolute Gasteiger partial charge is 0.240 e. The first-order valence-electron chi connectivity index (χ1n) is 9.20. The predicted molar refractivity (Wildman–Crippen MR) is 102 cm³/mol. The van der Waals surface area contributed by atoms with Crippen LogP contribution in [-0.2, 0) is 4.79 Å². The molecule has 0 saturated heterocycles. The largest absolute Gasteiger partial charge is 0.868 e. The van der Waals surface area contributed by atoms with E-state index >= 15 is 0 Å². The summed E-state index contributed by atoms with van der Waals surface area (Å²) in [7, 11) is 6.90. The van der Waals surface area contributed by atoms with Gasteiger partial charge in [0.05, 0.1) is 53.7 Å². The summed E-state index contributed by atoms with van der Waals surface area (Å²) in [5.41, 5.74) is 0.361. The lowest BCUT2D eigenvalue weighted by atomic mass is 9.94. The van der Waals surface area contributed by atoms with Crippen LogP contribution < -0.4 is 19.5 Å². The van der Waals surface area contributed by atoms with Crippen molar-refractivity contribution in [2.75, 3.05) is 41.4 Å². The van der Waals surface area contributed by atoms with Crippen LogP contribution in [0.2, 0.25) is 0 Å². The number of amides is 1. The van der Waals surface area contributed by atoms with Gasteiger partial charge in [0.15, 0.2) is 5.76 Å². The molecule has 0 radical (unpaired) electrons. The summed E-state index contributed by atoms with van der Waals surface area (Å²) in [6, 6.07) is 7.22. The summed E-state index contributed by atoms with van der Waals surface area (Å²) < 4.78 is 16.0. The number of nitrogens with zero attached hydrogens (tertiary/aromatic N) is 1. The Morgan fingerprint density at radius 1 is 1.24 bits per heavy atom. The molecular formula is C21H24N2O6. The van der Waals surface area contributed by atoms with E-state index in [9.17, 15) is 14.7 Å². The Hall–Kier alpha value is -3.26. The molecule has 1 aliphatic rings. The fourth-order valence-corrected chi connectivity index (χ4v) is 3.36. The third-order valence-electron chi connectivity index (χ3n) is 4.86. The molecule has 1 unspecified atom stereocenters. The van der Waals surface area contributed by atoms with Crippen LogP contribution in [-0.4, -0.2) is 58.0 Å². The van der Waals surface area contributed by atoms with Gasteiger partial charge < -0.3 is 28.8 Å². The Balaban J connectivity index is 2.15. The molecule has 0 fully saturated rings. The average molecular weight is 400 g/mol. The van der Waals surface area contributed by atoms with Crippen molar-refractivity contribution >= 4 is 11.7 Å². The average Bonchev–Trinajstić information content (AvgIpc) is 3.33. The number of methoxy groups -OCH3 is 2. The predicted octanol–water partition coefficient (Wildman–Crippen LogP) is -0.178. The zero-order valence-corrected chi connectivity index (χ0v) is 16.9. The Labute approximate surface area is 168 Å². The Bertz CT molecular complexity index is 933. The lowest BCUT2D eigenvalue weighted by Crippen LogP contribution is -3.06. The van der Waals surface area contributed by atoms with Gasteiger partial charge in [0.25, 0.3) is 0 Å². The molecule has 3 rings (SSSR count). The molecule has 29 heavy (non-hydrogen) atoms. The van der Waals surface area contributed by atoms with Crippen LogP contribution in [0.25, 0.3) is 0 Å². The molecule has 2 aromatic rings. The van der Waals surface area contributed by atoms with Crippen molar-refractivity contribution in [1.29, 1.82) is 0 Å². The molecule has 0 saturated carbocycles. The highest BCUT2D eigenvalue weighted by atomic mass is 16.5. The second kappa shape index (κ2) is 8.40. The number of carbonyl (C=O) groups is 2. The van der Waals surface area contributed by atoms with Gasteiger partial charge in [-0.05, 0) is 36.1 Å². The fourth-order valence-electron chi connectivity index (χ4n) is 3.36. The molecule has 154 valence electrons. The van der Waals surface area contributed by atoms with E-state index < -0.39 is 23.5 Å². The van der Waals surface area contributed by atoms with Gasteiger partial charge in [0.2, 0.25) is 11.7 Å². The molecule has 1 aromatic carbocycles. The number of quaternary nitrogens is 1. The van der Waals surface area contributed by atoms with E-state index in [-0.39, 0.29) is 11.3 Å². The van der Waals surface area contributed by atoms with Gasteiger partial charge in [-0.2, -0.15) is 0 Å². The third-order valence-corrected chi connectivity index (χ3v) is 4.86. The summed E-state index contributed by atoms with van der Waals surface area (Å²) in [5.74, 6) is -1.16. The second-order valence-electron chi connectivity index (χ2n) is 7.02. The molecule has 0 spiro atoms. The topological polar surface area (TPSA) is 96.5 Å². The SMILES string of the molecule is COc1ccc(OC)c(C2C(C(=O)c3ccco3)=C([O-])C(=O)N2CC[NH+](C)C)c1. The second-order valence-corrected chi connectivity index (χ2v) is 7.02. The Kier molecular flexibility index (Phi) is 5.93. The first-order valence-corrected chi connectivity index (χ1v) is 9.20. The van der Waals surface area contributed by atoms with Gasteiger partial charge in [-0.3, -0.25) is 9.59 Å². The van der Waals surface area contributed by atoms with Crippen LogP contribution in [0, 0.1) is 0 Å². The van der Waals surface area contributed by atoms with Gasteiger partial charge in [-0.1, -0.05) is 0 Å². The van der Waals surface area contributed by atoms with Crippen LogP contribution in [0.3, 0.4) is 0 Å².